The molecule has 0 amide bonds. The Balaban J connectivity index is 2.12. The largest absolute Gasteiger partial charge is 0.279 e. The average molecular weight is 241 g/mol. The molecule has 2 aromatic carbocycles. The smallest absolute Gasteiger partial charge is 0.278 e. The molecular weight excluding hydrogens is 230 g/mol. The zero-order valence-electron chi connectivity index (χ0n) is 9.48. The monoisotopic (exact) mass is 241 g/mol. The second kappa shape index (κ2) is 5.58. The van der Waals surface area contributed by atoms with Gasteiger partial charge >= 0.3 is 0 Å². The minimum absolute atomic E-state index is 0.0381. The van der Waals surface area contributed by atoms with Crippen LogP contribution in [-0.4, -0.2) is 11.1 Å². The molecule has 0 spiro atoms. The Bertz CT molecular complexity index is 567. The lowest BCUT2D eigenvalue weighted by atomic mass is 10.2. The van der Waals surface area contributed by atoms with Crippen LogP contribution in [0.25, 0.3) is 0 Å². The number of nitro benzene ring substituents is 1. The van der Waals surface area contributed by atoms with Crippen molar-refractivity contribution in [3.63, 3.8) is 0 Å². The number of nitrogens with one attached hydrogen (secondary N) is 1. The third-order valence-corrected chi connectivity index (χ3v) is 2.30. The standard InChI is InChI=1S/C13H11N3O2/c17-16(18)13-9-5-4-6-11(13)10-14-15-12-7-2-1-3-8-12/h1-10,15H/b14-10+. The van der Waals surface area contributed by atoms with Crippen LogP contribution in [0.15, 0.2) is 59.7 Å². The van der Waals surface area contributed by atoms with Crippen LogP contribution >= 0.6 is 0 Å². The third kappa shape index (κ3) is 2.91. The summed E-state index contributed by atoms with van der Waals surface area (Å²) >= 11 is 0. The summed E-state index contributed by atoms with van der Waals surface area (Å²) in [6.07, 6.45) is 1.44. The highest BCUT2D eigenvalue weighted by Gasteiger charge is 2.09. The van der Waals surface area contributed by atoms with E-state index in [2.05, 4.69) is 10.5 Å². The lowest BCUT2D eigenvalue weighted by Gasteiger charge is -1.99. The van der Waals surface area contributed by atoms with Crippen molar-refractivity contribution in [3.05, 3.63) is 70.3 Å². The highest BCUT2D eigenvalue weighted by atomic mass is 16.6. The van der Waals surface area contributed by atoms with Gasteiger partial charge in [0.25, 0.3) is 5.69 Å². The van der Waals surface area contributed by atoms with Crippen molar-refractivity contribution in [2.75, 3.05) is 5.43 Å². The van der Waals surface area contributed by atoms with Crippen LogP contribution in [0.5, 0.6) is 0 Å². The molecule has 0 fully saturated rings. The second-order valence-electron chi connectivity index (χ2n) is 3.55. The fraction of sp³-hybridized carbons (Fsp3) is 0. The van der Waals surface area contributed by atoms with E-state index in [0.29, 0.717) is 5.56 Å². The summed E-state index contributed by atoms with van der Waals surface area (Å²) in [5, 5.41) is 14.8. The molecule has 0 aliphatic heterocycles. The molecule has 90 valence electrons. The molecule has 2 rings (SSSR count). The normalized spacial score (nSPS) is 10.4. The van der Waals surface area contributed by atoms with Crippen LogP contribution in [0.4, 0.5) is 11.4 Å². The van der Waals surface area contributed by atoms with Crippen molar-refractivity contribution in [1.29, 1.82) is 0 Å². The van der Waals surface area contributed by atoms with E-state index in [9.17, 15) is 10.1 Å². The second-order valence-corrected chi connectivity index (χ2v) is 3.55. The van der Waals surface area contributed by atoms with Crippen LogP contribution in [-0.2, 0) is 0 Å². The summed E-state index contributed by atoms with van der Waals surface area (Å²) in [5.41, 5.74) is 4.13. The lowest BCUT2D eigenvalue weighted by Crippen LogP contribution is -1.95. The van der Waals surface area contributed by atoms with Crippen LogP contribution < -0.4 is 5.43 Å². The van der Waals surface area contributed by atoms with Crippen molar-refractivity contribution in [2.45, 2.75) is 0 Å². The average Bonchev–Trinajstić information content (AvgIpc) is 2.40. The Kier molecular flexibility index (Phi) is 3.66. The van der Waals surface area contributed by atoms with E-state index < -0.39 is 4.92 Å². The Labute approximate surface area is 104 Å². The van der Waals surface area contributed by atoms with Gasteiger partial charge in [-0.15, -0.1) is 0 Å². The summed E-state index contributed by atoms with van der Waals surface area (Å²) in [6.45, 7) is 0. The zero-order valence-corrected chi connectivity index (χ0v) is 9.48. The Morgan fingerprint density at radius 1 is 1.06 bits per heavy atom. The number of hydrogen-bond acceptors (Lipinski definition) is 4. The highest BCUT2D eigenvalue weighted by Crippen LogP contribution is 2.15. The molecule has 0 aliphatic carbocycles. The molecular formula is C13H11N3O2. The van der Waals surface area contributed by atoms with Crippen molar-refractivity contribution in [1.82, 2.24) is 0 Å². The van der Waals surface area contributed by atoms with E-state index in [1.165, 1.54) is 12.3 Å². The molecule has 5 heteroatoms. The summed E-state index contributed by atoms with van der Waals surface area (Å²) in [4.78, 5) is 10.4. The first-order valence-electron chi connectivity index (χ1n) is 5.35. The summed E-state index contributed by atoms with van der Waals surface area (Å²) in [5.74, 6) is 0. The molecule has 0 unspecified atom stereocenters. The van der Waals surface area contributed by atoms with E-state index in [1.54, 1.807) is 18.2 Å². The summed E-state index contributed by atoms with van der Waals surface area (Å²) < 4.78 is 0. The minimum atomic E-state index is -0.427. The maximum absolute atomic E-state index is 10.8. The highest BCUT2D eigenvalue weighted by molar-refractivity contribution is 5.85. The maximum Gasteiger partial charge on any atom is 0.278 e. The van der Waals surface area contributed by atoms with E-state index in [1.807, 2.05) is 30.3 Å². The van der Waals surface area contributed by atoms with Gasteiger partial charge in [-0.2, -0.15) is 5.10 Å². The van der Waals surface area contributed by atoms with Gasteiger partial charge in [-0.3, -0.25) is 15.5 Å². The lowest BCUT2D eigenvalue weighted by molar-refractivity contribution is -0.385. The van der Waals surface area contributed by atoms with Crippen LogP contribution in [0, 0.1) is 10.1 Å². The first-order chi connectivity index (χ1) is 8.77. The number of benzene rings is 2. The molecule has 5 nitrogen and oxygen atoms in total. The Hall–Kier alpha value is -2.69. The van der Waals surface area contributed by atoms with Crippen LogP contribution in [0.1, 0.15) is 5.56 Å². The molecule has 0 atom stereocenters. The van der Waals surface area contributed by atoms with Crippen molar-refractivity contribution in [3.8, 4) is 0 Å². The minimum Gasteiger partial charge on any atom is -0.279 e. The van der Waals surface area contributed by atoms with Gasteiger partial charge in [0, 0.05) is 6.07 Å². The number of hydrogen-bond donors (Lipinski definition) is 1. The van der Waals surface area contributed by atoms with Crippen LogP contribution in [0.3, 0.4) is 0 Å². The van der Waals surface area contributed by atoms with Crippen molar-refractivity contribution < 1.29 is 4.92 Å². The SMILES string of the molecule is O=[N+]([O-])c1ccccc1/C=N/Nc1ccccc1. The number of anilines is 1. The van der Waals surface area contributed by atoms with Gasteiger partial charge in [0.1, 0.15) is 0 Å². The number of nitrogens with zero attached hydrogens (tertiary/aromatic N) is 2. The topological polar surface area (TPSA) is 67.5 Å². The number of rotatable bonds is 4. The maximum atomic E-state index is 10.8. The molecule has 0 saturated heterocycles. The Morgan fingerprint density at radius 2 is 1.72 bits per heavy atom. The van der Waals surface area contributed by atoms with Gasteiger partial charge < -0.3 is 0 Å². The number of nitro groups is 1. The molecule has 2 aromatic rings. The fourth-order valence-electron chi connectivity index (χ4n) is 1.45. The van der Waals surface area contributed by atoms with Gasteiger partial charge in [0.15, 0.2) is 0 Å². The van der Waals surface area contributed by atoms with Gasteiger partial charge in [-0.25, -0.2) is 0 Å². The molecule has 1 N–H and O–H groups in total. The van der Waals surface area contributed by atoms with E-state index in [4.69, 9.17) is 0 Å². The molecule has 0 aromatic heterocycles. The number of para-hydroxylation sites is 2. The predicted octanol–water partition coefficient (Wildman–Crippen LogP) is 3.04. The first kappa shape index (κ1) is 11.8. The van der Waals surface area contributed by atoms with Gasteiger partial charge in [0.2, 0.25) is 0 Å². The molecule has 0 heterocycles. The van der Waals surface area contributed by atoms with E-state index >= 15 is 0 Å². The van der Waals surface area contributed by atoms with E-state index in [-0.39, 0.29) is 5.69 Å². The van der Waals surface area contributed by atoms with Crippen LogP contribution in [0.2, 0.25) is 0 Å². The fourth-order valence-corrected chi connectivity index (χ4v) is 1.45. The predicted molar refractivity (Wildman–Crippen MR) is 70.8 cm³/mol. The molecule has 0 aliphatic rings. The van der Waals surface area contributed by atoms with E-state index in [0.717, 1.165) is 5.69 Å². The van der Waals surface area contributed by atoms with Crippen molar-refractivity contribution in [2.24, 2.45) is 5.10 Å². The summed E-state index contributed by atoms with van der Waals surface area (Å²) in [6, 6.07) is 15.8. The zero-order chi connectivity index (χ0) is 12.8. The molecule has 0 saturated carbocycles. The summed E-state index contributed by atoms with van der Waals surface area (Å²) in [7, 11) is 0. The molecule has 0 radical (unpaired) electrons. The Morgan fingerprint density at radius 3 is 2.44 bits per heavy atom. The van der Waals surface area contributed by atoms with Gasteiger partial charge in [0.05, 0.1) is 22.4 Å². The molecule has 0 bridgehead atoms. The third-order valence-electron chi connectivity index (χ3n) is 2.30. The van der Waals surface area contributed by atoms with Gasteiger partial charge in [-0.05, 0) is 18.2 Å². The van der Waals surface area contributed by atoms with Gasteiger partial charge in [-0.1, -0.05) is 30.3 Å². The molecule has 18 heavy (non-hydrogen) atoms. The number of hydrazone groups is 1. The first-order valence-corrected chi connectivity index (χ1v) is 5.35. The van der Waals surface area contributed by atoms with Crippen molar-refractivity contribution >= 4 is 17.6 Å². The quantitative estimate of drug-likeness (QED) is 0.508.